The summed E-state index contributed by atoms with van der Waals surface area (Å²) in [6, 6.07) is 18.8. The Morgan fingerprint density at radius 1 is 1.00 bits per heavy atom. The van der Waals surface area contributed by atoms with Crippen LogP contribution in [0.1, 0.15) is 22.9 Å². The van der Waals surface area contributed by atoms with Gasteiger partial charge in [0.1, 0.15) is 4.83 Å². The van der Waals surface area contributed by atoms with Gasteiger partial charge in [-0.1, -0.05) is 48.5 Å². The minimum atomic E-state index is -0.352. The molecule has 31 heavy (non-hydrogen) atoms. The van der Waals surface area contributed by atoms with Gasteiger partial charge in [0.05, 0.1) is 24.2 Å². The maximum atomic E-state index is 13.6. The van der Waals surface area contributed by atoms with E-state index in [0.717, 1.165) is 16.0 Å². The third kappa shape index (κ3) is 3.31. The lowest BCUT2D eigenvalue weighted by molar-refractivity contribution is -0.129. The third-order valence-corrected chi connectivity index (χ3v) is 7.01. The highest BCUT2D eigenvalue weighted by molar-refractivity contribution is 7.18. The van der Waals surface area contributed by atoms with Gasteiger partial charge >= 0.3 is 5.69 Å². The molecule has 1 aliphatic heterocycles. The Balaban J connectivity index is 1.80. The van der Waals surface area contributed by atoms with Gasteiger partial charge in [-0.2, -0.15) is 0 Å². The Hall–Kier alpha value is -3.45. The van der Waals surface area contributed by atoms with Gasteiger partial charge in [0.15, 0.2) is 0 Å². The van der Waals surface area contributed by atoms with E-state index in [-0.39, 0.29) is 17.2 Å². The summed E-state index contributed by atoms with van der Waals surface area (Å²) in [5.41, 5.74) is 1.87. The van der Waals surface area contributed by atoms with Gasteiger partial charge in [-0.05, 0) is 29.7 Å². The van der Waals surface area contributed by atoms with Crippen molar-refractivity contribution in [1.29, 1.82) is 0 Å². The largest absolute Gasteiger partial charge is 0.337 e. The summed E-state index contributed by atoms with van der Waals surface area (Å²) in [6.07, 6.45) is 0.614. The maximum absolute atomic E-state index is 13.6. The van der Waals surface area contributed by atoms with E-state index >= 15 is 0 Å². The van der Waals surface area contributed by atoms with Crippen molar-refractivity contribution < 1.29 is 4.79 Å². The molecule has 2 aromatic heterocycles. The Bertz CT molecular complexity index is 1400. The molecule has 1 aliphatic rings. The molecule has 0 saturated carbocycles. The first-order valence-corrected chi connectivity index (χ1v) is 11.0. The van der Waals surface area contributed by atoms with Crippen molar-refractivity contribution in [3.05, 3.63) is 97.5 Å². The van der Waals surface area contributed by atoms with Crippen molar-refractivity contribution in [2.24, 2.45) is 0 Å². The number of benzene rings is 2. The summed E-state index contributed by atoms with van der Waals surface area (Å²) in [4.78, 5) is 42.5. The Labute approximate surface area is 182 Å². The van der Waals surface area contributed by atoms with Crippen LogP contribution in [-0.2, 0) is 24.3 Å². The number of para-hydroxylation sites is 1. The zero-order chi connectivity index (χ0) is 21.5. The van der Waals surface area contributed by atoms with E-state index in [1.165, 1.54) is 15.9 Å². The number of amides is 1. The minimum Gasteiger partial charge on any atom is -0.337 e. The van der Waals surface area contributed by atoms with Gasteiger partial charge in [0.25, 0.3) is 5.56 Å². The first kappa shape index (κ1) is 19.5. The molecule has 4 aromatic rings. The lowest BCUT2D eigenvalue weighted by Gasteiger charge is -2.25. The fraction of sp³-hybridized carbons (Fsp3) is 0.208. The smallest absolute Gasteiger partial charge is 0.337 e. The summed E-state index contributed by atoms with van der Waals surface area (Å²) in [5, 5.41) is 0.600. The van der Waals surface area contributed by atoms with Crippen LogP contribution in [0.3, 0.4) is 0 Å². The average Bonchev–Trinajstić information content (AvgIpc) is 3.17. The molecule has 0 atom stereocenters. The number of aromatic nitrogens is 2. The highest BCUT2D eigenvalue weighted by atomic mass is 32.1. The first-order valence-electron chi connectivity index (χ1n) is 10.2. The molecule has 0 saturated heterocycles. The number of carbonyl (C=O) groups excluding carboxylic acids is 1. The number of fused-ring (bicyclic) bond motifs is 3. The van der Waals surface area contributed by atoms with E-state index < -0.39 is 0 Å². The van der Waals surface area contributed by atoms with Crippen LogP contribution in [-0.4, -0.2) is 26.5 Å². The van der Waals surface area contributed by atoms with Crippen molar-refractivity contribution in [2.75, 3.05) is 6.54 Å². The lowest BCUT2D eigenvalue weighted by Crippen LogP contribution is -2.39. The van der Waals surface area contributed by atoms with Crippen LogP contribution in [0, 0.1) is 0 Å². The van der Waals surface area contributed by atoms with Crippen LogP contribution in [0.25, 0.3) is 15.9 Å². The average molecular weight is 432 g/mol. The molecule has 0 spiro atoms. The Kier molecular flexibility index (Phi) is 4.82. The number of nitrogens with zero attached hydrogens (tertiary/aromatic N) is 3. The van der Waals surface area contributed by atoms with Crippen molar-refractivity contribution in [1.82, 2.24) is 14.0 Å². The third-order valence-electron chi connectivity index (χ3n) is 5.77. The molecule has 0 N–H and O–H groups in total. The first-order chi connectivity index (χ1) is 15.0. The summed E-state index contributed by atoms with van der Waals surface area (Å²) in [7, 11) is 0. The molecular formula is C24H21N3O3S. The summed E-state index contributed by atoms with van der Waals surface area (Å²) < 4.78 is 2.97. The molecule has 156 valence electrons. The van der Waals surface area contributed by atoms with Gasteiger partial charge in [0.2, 0.25) is 5.91 Å². The van der Waals surface area contributed by atoms with E-state index in [4.69, 9.17) is 0 Å². The molecule has 3 heterocycles. The second-order valence-electron chi connectivity index (χ2n) is 7.70. The van der Waals surface area contributed by atoms with Gasteiger partial charge in [-0.15, -0.1) is 11.3 Å². The molecule has 7 heteroatoms. The molecule has 0 bridgehead atoms. The van der Waals surface area contributed by atoms with Crippen LogP contribution in [0.5, 0.6) is 0 Å². The molecule has 0 unspecified atom stereocenters. The van der Waals surface area contributed by atoms with E-state index in [0.29, 0.717) is 42.0 Å². The van der Waals surface area contributed by atoms with Gasteiger partial charge in [-0.3, -0.25) is 14.2 Å². The molecular weight excluding hydrogens is 410 g/mol. The van der Waals surface area contributed by atoms with Crippen LogP contribution >= 0.6 is 11.3 Å². The van der Waals surface area contributed by atoms with Gasteiger partial charge < -0.3 is 4.90 Å². The summed E-state index contributed by atoms with van der Waals surface area (Å²) in [5.74, 6) is 0.0199. The van der Waals surface area contributed by atoms with Gasteiger partial charge in [0, 0.05) is 18.3 Å². The number of thiophene rings is 1. The quantitative estimate of drug-likeness (QED) is 0.501. The number of hydrogen-bond acceptors (Lipinski definition) is 4. The number of hydrogen-bond donors (Lipinski definition) is 0. The monoisotopic (exact) mass is 431 g/mol. The molecule has 6 nitrogen and oxygen atoms in total. The minimum absolute atomic E-state index is 0.0199. The van der Waals surface area contributed by atoms with Crippen LogP contribution in [0.4, 0.5) is 0 Å². The topological polar surface area (TPSA) is 64.3 Å². The lowest BCUT2D eigenvalue weighted by atomic mass is 10.1. The van der Waals surface area contributed by atoms with Crippen molar-refractivity contribution >= 4 is 27.5 Å². The highest BCUT2D eigenvalue weighted by Gasteiger charge is 2.27. The molecule has 0 radical (unpaired) electrons. The Morgan fingerprint density at radius 2 is 1.68 bits per heavy atom. The molecule has 5 rings (SSSR count). The van der Waals surface area contributed by atoms with Crippen LogP contribution in [0.15, 0.2) is 70.3 Å². The number of rotatable bonds is 3. The SMILES string of the molecule is CC(=O)N1CCc2c(sc3c2c(=O)n(-c2ccccc2)c(=O)n3Cc2ccccc2)C1. The van der Waals surface area contributed by atoms with E-state index in [9.17, 15) is 14.4 Å². The zero-order valence-corrected chi connectivity index (χ0v) is 17.9. The van der Waals surface area contributed by atoms with Crippen molar-refractivity contribution in [2.45, 2.75) is 26.4 Å². The fourth-order valence-electron chi connectivity index (χ4n) is 4.18. The summed E-state index contributed by atoms with van der Waals surface area (Å²) in [6.45, 7) is 3.00. The zero-order valence-electron chi connectivity index (χ0n) is 17.1. The second kappa shape index (κ2) is 7.67. The molecule has 1 amide bonds. The molecule has 0 fully saturated rings. The van der Waals surface area contributed by atoms with Crippen molar-refractivity contribution in [3.8, 4) is 5.69 Å². The van der Waals surface area contributed by atoms with E-state index in [2.05, 4.69) is 0 Å². The predicted molar refractivity (Wildman–Crippen MR) is 122 cm³/mol. The number of carbonyl (C=O) groups is 1. The molecule has 0 aliphatic carbocycles. The van der Waals surface area contributed by atoms with Crippen LogP contribution in [0.2, 0.25) is 0 Å². The second-order valence-corrected chi connectivity index (χ2v) is 8.79. The van der Waals surface area contributed by atoms with E-state index in [1.807, 2.05) is 48.5 Å². The standard InChI is InChI=1S/C24H21N3O3S/c1-16(28)25-13-12-19-20(15-25)31-23-21(19)22(29)27(18-10-6-3-7-11-18)24(30)26(23)14-17-8-4-2-5-9-17/h2-11H,12-15H2,1H3. The normalized spacial score (nSPS) is 13.4. The highest BCUT2D eigenvalue weighted by Crippen LogP contribution is 2.33. The molecule has 2 aromatic carbocycles. The van der Waals surface area contributed by atoms with Crippen LogP contribution < -0.4 is 11.2 Å². The van der Waals surface area contributed by atoms with Crippen molar-refractivity contribution in [3.63, 3.8) is 0 Å². The van der Waals surface area contributed by atoms with Gasteiger partial charge in [-0.25, -0.2) is 9.36 Å². The maximum Gasteiger partial charge on any atom is 0.337 e. The summed E-state index contributed by atoms with van der Waals surface area (Å²) >= 11 is 1.45. The predicted octanol–water partition coefficient (Wildman–Crippen LogP) is 3.17. The van der Waals surface area contributed by atoms with E-state index in [1.54, 1.807) is 28.5 Å². The fourth-order valence-corrected chi connectivity index (χ4v) is 5.53. The Morgan fingerprint density at radius 3 is 2.35 bits per heavy atom.